The SMILES string of the molecule is Cc1ccc(S(=O)(=O)n2c(-c3ccc(F)cc3)cc3ccccc32)cc1. The molecule has 130 valence electrons. The smallest absolute Gasteiger partial charge is 0.233 e. The second-order valence-corrected chi connectivity index (χ2v) is 7.96. The highest BCUT2D eigenvalue weighted by molar-refractivity contribution is 7.90. The topological polar surface area (TPSA) is 39.1 Å². The third kappa shape index (κ3) is 2.70. The molecular formula is C21H16FNO2S. The summed E-state index contributed by atoms with van der Waals surface area (Å²) < 4.78 is 41.4. The van der Waals surface area contributed by atoms with Crippen molar-refractivity contribution in [1.82, 2.24) is 3.97 Å². The fourth-order valence-corrected chi connectivity index (χ4v) is 4.56. The van der Waals surface area contributed by atoms with E-state index >= 15 is 0 Å². The molecule has 0 aliphatic carbocycles. The first-order chi connectivity index (χ1) is 12.5. The lowest BCUT2D eigenvalue weighted by atomic mass is 10.1. The van der Waals surface area contributed by atoms with Crippen LogP contribution in [-0.4, -0.2) is 12.4 Å². The van der Waals surface area contributed by atoms with Gasteiger partial charge in [0.15, 0.2) is 0 Å². The zero-order valence-electron chi connectivity index (χ0n) is 14.1. The second-order valence-electron chi connectivity index (χ2n) is 6.18. The van der Waals surface area contributed by atoms with Crippen LogP contribution in [0, 0.1) is 12.7 Å². The van der Waals surface area contributed by atoms with Gasteiger partial charge in [-0.15, -0.1) is 0 Å². The number of aryl methyl sites for hydroxylation is 1. The van der Waals surface area contributed by atoms with Crippen LogP contribution in [0.3, 0.4) is 0 Å². The molecule has 0 aliphatic rings. The minimum absolute atomic E-state index is 0.216. The molecule has 0 fully saturated rings. The van der Waals surface area contributed by atoms with Gasteiger partial charge in [-0.05, 0) is 61.0 Å². The van der Waals surface area contributed by atoms with Crippen LogP contribution < -0.4 is 0 Å². The molecule has 0 saturated heterocycles. The standard InChI is InChI=1S/C21H16FNO2S/c1-15-6-12-19(13-7-15)26(24,25)23-20-5-3-2-4-17(20)14-21(23)16-8-10-18(22)11-9-16/h2-14H,1H3. The molecule has 4 rings (SSSR count). The Kier molecular flexibility index (Phi) is 3.89. The molecule has 0 radical (unpaired) electrons. The molecule has 0 amide bonds. The Morgan fingerprint density at radius 3 is 2.19 bits per heavy atom. The van der Waals surface area contributed by atoms with E-state index in [1.54, 1.807) is 48.5 Å². The molecule has 0 unspecified atom stereocenters. The lowest BCUT2D eigenvalue weighted by molar-refractivity contribution is 0.589. The summed E-state index contributed by atoms with van der Waals surface area (Å²) in [4.78, 5) is 0.216. The molecule has 5 heteroatoms. The number of fused-ring (bicyclic) bond motifs is 1. The first-order valence-electron chi connectivity index (χ1n) is 8.15. The third-order valence-corrected chi connectivity index (χ3v) is 6.11. The highest BCUT2D eigenvalue weighted by Gasteiger charge is 2.23. The maximum Gasteiger partial charge on any atom is 0.268 e. The zero-order valence-corrected chi connectivity index (χ0v) is 14.9. The Morgan fingerprint density at radius 2 is 1.50 bits per heavy atom. The molecule has 1 heterocycles. The lowest BCUT2D eigenvalue weighted by Gasteiger charge is -2.12. The lowest BCUT2D eigenvalue weighted by Crippen LogP contribution is -2.14. The highest BCUT2D eigenvalue weighted by Crippen LogP contribution is 2.32. The summed E-state index contributed by atoms with van der Waals surface area (Å²) in [6, 6.07) is 21.7. The second kappa shape index (κ2) is 6.11. The molecule has 0 bridgehead atoms. The Labute approximate surface area is 151 Å². The van der Waals surface area contributed by atoms with Crippen LogP contribution in [0.25, 0.3) is 22.2 Å². The number of hydrogen-bond donors (Lipinski definition) is 0. The Hall–Kier alpha value is -2.92. The molecule has 1 aromatic heterocycles. The van der Waals surface area contributed by atoms with Gasteiger partial charge in [-0.1, -0.05) is 35.9 Å². The highest BCUT2D eigenvalue weighted by atomic mass is 32.2. The normalized spacial score (nSPS) is 11.8. The predicted molar refractivity (Wildman–Crippen MR) is 101 cm³/mol. The van der Waals surface area contributed by atoms with Crippen LogP contribution in [0.5, 0.6) is 0 Å². The summed E-state index contributed by atoms with van der Waals surface area (Å²) in [7, 11) is -3.81. The molecule has 26 heavy (non-hydrogen) atoms. The number of para-hydroxylation sites is 1. The summed E-state index contributed by atoms with van der Waals surface area (Å²) in [6.07, 6.45) is 0. The van der Waals surface area contributed by atoms with Gasteiger partial charge in [0.2, 0.25) is 0 Å². The number of aromatic nitrogens is 1. The first kappa shape index (κ1) is 16.5. The van der Waals surface area contributed by atoms with E-state index in [4.69, 9.17) is 0 Å². The maximum absolute atomic E-state index is 13.4. The van der Waals surface area contributed by atoms with Gasteiger partial charge >= 0.3 is 0 Å². The minimum Gasteiger partial charge on any atom is -0.233 e. The van der Waals surface area contributed by atoms with Gasteiger partial charge in [0, 0.05) is 5.39 Å². The van der Waals surface area contributed by atoms with Crippen LogP contribution in [-0.2, 0) is 10.0 Å². The maximum atomic E-state index is 13.4. The zero-order chi connectivity index (χ0) is 18.3. The molecular weight excluding hydrogens is 349 g/mol. The van der Waals surface area contributed by atoms with Crippen molar-refractivity contribution < 1.29 is 12.8 Å². The van der Waals surface area contributed by atoms with Crippen molar-refractivity contribution in [2.45, 2.75) is 11.8 Å². The van der Waals surface area contributed by atoms with Gasteiger partial charge in [-0.25, -0.2) is 16.8 Å². The van der Waals surface area contributed by atoms with Crippen LogP contribution in [0.1, 0.15) is 5.56 Å². The molecule has 4 aromatic rings. The van der Waals surface area contributed by atoms with E-state index in [0.29, 0.717) is 16.8 Å². The number of rotatable bonds is 3. The molecule has 0 saturated carbocycles. The quantitative estimate of drug-likeness (QED) is 0.513. The van der Waals surface area contributed by atoms with Crippen LogP contribution >= 0.6 is 0 Å². The van der Waals surface area contributed by atoms with Gasteiger partial charge in [0.05, 0.1) is 16.1 Å². The van der Waals surface area contributed by atoms with Crippen LogP contribution in [0.4, 0.5) is 4.39 Å². The van der Waals surface area contributed by atoms with Gasteiger partial charge < -0.3 is 0 Å². The first-order valence-corrected chi connectivity index (χ1v) is 9.59. The van der Waals surface area contributed by atoms with E-state index in [9.17, 15) is 12.8 Å². The summed E-state index contributed by atoms with van der Waals surface area (Å²) in [6.45, 7) is 1.91. The molecule has 0 spiro atoms. The van der Waals surface area contributed by atoms with E-state index in [0.717, 1.165) is 10.9 Å². The number of benzene rings is 3. The van der Waals surface area contributed by atoms with Crippen molar-refractivity contribution in [2.24, 2.45) is 0 Å². The molecule has 0 N–H and O–H groups in total. The average Bonchev–Trinajstić information content (AvgIpc) is 3.03. The molecule has 0 atom stereocenters. The Balaban J connectivity index is 2.03. The number of halogens is 1. The van der Waals surface area contributed by atoms with Gasteiger partial charge in [0.1, 0.15) is 5.82 Å². The Morgan fingerprint density at radius 1 is 0.846 bits per heavy atom. The van der Waals surface area contributed by atoms with Crippen molar-refractivity contribution in [3.05, 3.63) is 90.2 Å². The van der Waals surface area contributed by atoms with Gasteiger partial charge in [0.25, 0.3) is 10.0 Å². The van der Waals surface area contributed by atoms with Crippen LogP contribution in [0.2, 0.25) is 0 Å². The van der Waals surface area contributed by atoms with Crippen molar-refractivity contribution in [1.29, 1.82) is 0 Å². The summed E-state index contributed by atoms with van der Waals surface area (Å²) >= 11 is 0. The minimum atomic E-state index is -3.81. The summed E-state index contributed by atoms with van der Waals surface area (Å²) in [5.41, 5.74) is 2.72. The third-order valence-electron chi connectivity index (χ3n) is 4.37. The average molecular weight is 365 g/mol. The largest absolute Gasteiger partial charge is 0.268 e. The fourth-order valence-electron chi connectivity index (χ4n) is 3.03. The van der Waals surface area contributed by atoms with E-state index in [1.807, 2.05) is 25.1 Å². The van der Waals surface area contributed by atoms with E-state index in [1.165, 1.54) is 16.1 Å². The van der Waals surface area contributed by atoms with Crippen LogP contribution in [0.15, 0.2) is 83.8 Å². The monoisotopic (exact) mass is 365 g/mol. The van der Waals surface area contributed by atoms with Gasteiger partial charge in [-0.2, -0.15) is 0 Å². The number of nitrogens with zero attached hydrogens (tertiary/aromatic N) is 1. The number of hydrogen-bond acceptors (Lipinski definition) is 2. The molecule has 3 aromatic carbocycles. The molecule has 3 nitrogen and oxygen atoms in total. The Bertz CT molecular complexity index is 1190. The van der Waals surface area contributed by atoms with E-state index in [-0.39, 0.29) is 10.7 Å². The fraction of sp³-hybridized carbons (Fsp3) is 0.0476. The molecule has 0 aliphatic heterocycles. The van der Waals surface area contributed by atoms with Crippen molar-refractivity contribution >= 4 is 20.9 Å². The summed E-state index contributed by atoms with van der Waals surface area (Å²) in [5.74, 6) is -0.363. The van der Waals surface area contributed by atoms with Crippen molar-refractivity contribution in [2.75, 3.05) is 0 Å². The van der Waals surface area contributed by atoms with E-state index in [2.05, 4.69) is 0 Å². The van der Waals surface area contributed by atoms with Crippen molar-refractivity contribution in [3.8, 4) is 11.3 Å². The summed E-state index contributed by atoms with van der Waals surface area (Å²) in [5, 5.41) is 0.808. The predicted octanol–water partition coefficient (Wildman–Crippen LogP) is 4.99. The van der Waals surface area contributed by atoms with Gasteiger partial charge in [-0.3, -0.25) is 0 Å². The van der Waals surface area contributed by atoms with Crippen molar-refractivity contribution in [3.63, 3.8) is 0 Å². The van der Waals surface area contributed by atoms with E-state index < -0.39 is 10.0 Å².